The molecule has 0 saturated heterocycles. The Morgan fingerprint density at radius 2 is 0.882 bits per heavy atom. The minimum atomic E-state index is 0.677. The van der Waals surface area contributed by atoms with Gasteiger partial charge in [-0.05, 0) is 60.7 Å². The molecular weight excluding hydrogens is 625 g/mol. The largest absolute Gasteiger partial charge is 0.456 e. The second-order valence-corrected chi connectivity index (χ2v) is 13.0. The van der Waals surface area contributed by atoms with Gasteiger partial charge >= 0.3 is 0 Å². The summed E-state index contributed by atoms with van der Waals surface area (Å²) >= 11 is 0. The van der Waals surface area contributed by atoms with Gasteiger partial charge in [0.25, 0.3) is 0 Å². The van der Waals surface area contributed by atoms with E-state index in [1.54, 1.807) is 0 Å². The Morgan fingerprint density at radius 1 is 0.373 bits per heavy atom. The molecule has 0 aliphatic rings. The molecule has 0 amide bonds. The Balaban J connectivity index is 1.13. The van der Waals surface area contributed by atoms with E-state index in [1.165, 1.54) is 32.6 Å². The molecule has 4 aromatic heterocycles. The van der Waals surface area contributed by atoms with E-state index in [-0.39, 0.29) is 0 Å². The summed E-state index contributed by atoms with van der Waals surface area (Å²) in [6.45, 7) is 0. The quantitative estimate of drug-likeness (QED) is 0.190. The number of fused-ring (bicyclic) bond motifs is 9. The molecule has 0 unspecified atom stereocenters. The fourth-order valence-corrected chi connectivity index (χ4v) is 7.85. The molecule has 5 heteroatoms. The third kappa shape index (κ3) is 4.22. The highest BCUT2D eigenvalue weighted by Crippen LogP contribution is 2.38. The molecule has 0 spiro atoms. The molecule has 4 heterocycles. The molecule has 0 aliphatic carbocycles. The molecule has 0 saturated carbocycles. The van der Waals surface area contributed by atoms with Crippen molar-refractivity contribution in [1.29, 1.82) is 0 Å². The van der Waals surface area contributed by atoms with E-state index in [0.717, 1.165) is 61.3 Å². The first kappa shape index (κ1) is 27.9. The monoisotopic (exact) mass is 652 g/mol. The van der Waals surface area contributed by atoms with Gasteiger partial charge in [-0.25, -0.2) is 9.97 Å². The highest BCUT2D eigenvalue weighted by atomic mass is 16.3. The van der Waals surface area contributed by atoms with E-state index in [4.69, 9.17) is 14.4 Å². The van der Waals surface area contributed by atoms with Gasteiger partial charge in [0.1, 0.15) is 17.0 Å². The maximum Gasteiger partial charge on any atom is 0.162 e. The second-order valence-electron chi connectivity index (χ2n) is 13.0. The molecule has 11 rings (SSSR count). The average Bonchev–Trinajstić information content (AvgIpc) is 3.85. The van der Waals surface area contributed by atoms with E-state index in [2.05, 4.69) is 161 Å². The van der Waals surface area contributed by atoms with Crippen LogP contribution in [0.15, 0.2) is 174 Å². The Kier molecular flexibility index (Phi) is 5.89. The lowest BCUT2D eigenvalue weighted by Gasteiger charge is -2.12. The summed E-state index contributed by atoms with van der Waals surface area (Å²) in [7, 11) is 0. The van der Waals surface area contributed by atoms with Gasteiger partial charge in [0.05, 0.1) is 27.8 Å². The standard InChI is InChI=1S/C46H28N4O/c1-2-12-29(13-3-1)46-47-38(28-45(48-46)50-41-20-10-6-16-34(41)35-17-7-11-21-42(35)50)30-22-24-43-36(26-30)37-27-31(23-25-44(37)51-43)49-39-18-8-4-14-32(39)33-15-5-9-19-40(33)49/h1-28H. The maximum atomic E-state index is 6.42. The van der Waals surface area contributed by atoms with Crippen LogP contribution in [0, 0.1) is 0 Å². The Hall–Kier alpha value is -6.98. The first-order chi connectivity index (χ1) is 25.3. The molecule has 0 bridgehead atoms. The predicted octanol–water partition coefficient (Wildman–Crippen LogP) is 11.9. The number of para-hydroxylation sites is 4. The maximum absolute atomic E-state index is 6.42. The van der Waals surface area contributed by atoms with Crippen molar-refractivity contribution < 1.29 is 4.42 Å². The molecule has 0 aliphatic heterocycles. The summed E-state index contributed by atoms with van der Waals surface area (Å²) in [4.78, 5) is 10.4. The van der Waals surface area contributed by atoms with Gasteiger partial charge in [-0.15, -0.1) is 0 Å². The van der Waals surface area contributed by atoms with Gasteiger partial charge in [0, 0.05) is 55.2 Å². The SMILES string of the molecule is c1ccc(-c2nc(-c3ccc4oc5ccc(-n6c7ccccc7c7ccccc76)cc5c4c3)cc(-n3c4ccccc4c4ccccc43)n2)cc1. The lowest BCUT2D eigenvalue weighted by Crippen LogP contribution is -2.02. The van der Waals surface area contributed by atoms with Crippen molar-refractivity contribution in [3.63, 3.8) is 0 Å². The van der Waals surface area contributed by atoms with Crippen LogP contribution in [0.25, 0.3) is 99.7 Å². The van der Waals surface area contributed by atoms with Crippen LogP contribution in [-0.4, -0.2) is 19.1 Å². The first-order valence-corrected chi connectivity index (χ1v) is 17.2. The lowest BCUT2D eigenvalue weighted by atomic mass is 10.1. The first-order valence-electron chi connectivity index (χ1n) is 17.2. The lowest BCUT2D eigenvalue weighted by molar-refractivity contribution is 0.669. The third-order valence-electron chi connectivity index (χ3n) is 10.1. The fraction of sp³-hybridized carbons (Fsp3) is 0. The van der Waals surface area contributed by atoms with Gasteiger partial charge < -0.3 is 8.98 Å². The van der Waals surface area contributed by atoms with Crippen LogP contribution in [0.3, 0.4) is 0 Å². The van der Waals surface area contributed by atoms with E-state index < -0.39 is 0 Å². The van der Waals surface area contributed by atoms with Gasteiger partial charge in [-0.1, -0.05) is 103 Å². The molecule has 0 N–H and O–H groups in total. The number of hydrogen-bond donors (Lipinski definition) is 0. The number of furan rings is 1. The van der Waals surface area contributed by atoms with Crippen molar-refractivity contribution in [3.8, 4) is 34.2 Å². The minimum Gasteiger partial charge on any atom is -0.456 e. The highest BCUT2D eigenvalue weighted by molar-refractivity contribution is 6.11. The van der Waals surface area contributed by atoms with Gasteiger partial charge in [0.2, 0.25) is 0 Å². The summed E-state index contributed by atoms with van der Waals surface area (Å²) in [6.07, 6.45) is 0. The van der Waals surface area contributed by atoms with Gasteiger partial charge in [-0.2, -0.15) is 0 Å². The highest BCUT2D eigenvalue weighted by Gasteiger charge is 2.18. The summed E-state index contributed by atoms with van der Waals surface area (Å²) in [5, 5.41) is 6.98. The Morgan fingerprint density at radius 3 is 1.49 bits per heavy atom. The number of rotatable bonds is 4. The van der Waals surface area contributed by atoms with Crippen LogP contribution in [-0.2, 0) is 0 Å². The van der Waals surface area contributed by atoms with Crippen molar-refractivity contribution in [2.24, 2.45) is 0 Å². The van der Waals surface area contributed by atoms with E-state index in [9.17, 15) is 0 Å². The van der Waals surface area contributed by atoms with Crippen molar-refractivity contribution in [1.82, 2.24) is 19.1 Å². The normalized spacial score (nSPS) is 11.9. The zero-order valence-corrected chi connectivity index (χ0v) is 27.4. The average molecular weight is 653 g/mol. The van der Waals surface area contributed by atoms with Crippen molar-refractivity contribution in [3.05, 3.63) is 170 Å². The van der Waals surface area contributed by atoms with Crippen LogP contribution >= 0.6 is 0 Å². The molecule has 11 aromatic rings. The van der Waals surface area contributed by atoms with Crippen molar-refractivity contribution >= 4 is 65.6 Å². The number of nitrogens with zero attached hydrogens (tertiary/aromatic N) is 4. The number of benzene rings is 7. The van der Waals surface area contributed by atoms with Gasteiger partial charge in [0.15, 0.2) is 5.82 Å². The predicted molar refractivity (Wildman–Crippen MR) is 209 cm³/mol. The minimum absolute atomic E-state index is 0.677. The molecule has 0 fully saturated rings. The Labute approximate surface area is 292 Å². The number of aromatic nitrogens is 4. The van der Waals surface area contributed by atoms with Crippen molar-refractivity contribution in [2.45, 2.75) is 0 Å². The molecule has 51 heavy (non-hydrogen) atoms. The second kappa shape index (κ2) is 10.8. The molecular formula is C46H28N4O. The van der Waals surface area contributed by atoms with Crippen LogP contribution in [0.2, 0.25) is 0 Å². The van der Waals surface area contributed by atoms with Crippen LogP contribution in [0.5, 0.6) is 0 Å². The van der Waals surface area contributed by atoms with E-state index in [0.29, 0.717) is 5.82 Å². The summed E-state index contributed by atoms with van der Waals surface area (Å²) in [5.74, 6) is 1.50. The summed E-state index contributed by atoms with van der Waals surface area (Å²) in [5.41, 5.74) is 10.2. The number of hydrogen-bond acceptors (Lipinski definition) is 3. The summed E-state index contributed by atoms with van der Waals surface area (Å²) in [6, 6.07) is 59.5. The molecule has 0 atom stereocenters. The zero-order chi connectivity index (χ0) is 33.5. The molecule has 7 aromatic carbocycles. The fourth-order valence-electron chi connectivity index (χ4n) is 7.85. The zero-order valence-electron chi connectivity index (χ0n) is 27.4. The molecule has 5 nitrogen and oxygen atoms in total. The van der Waals surface area contributed by atoms with Crippen LogP contribution < -0.4 is 0 Å². The third-order valence-corrected chi connectivity index (χ3v) is 10.1. The van der Waals surface area contributed by atoms with Crippen molar-refractivity contribution in [2.75, 3.05) is 0 Å². The van der Waals surface area contributed by atoms with Crippen LogP contribution in [0.4, 0.5) is 0 Å². The summed E-state index contributed by atoms with van der Waals surface area (Å²) < 4.78 is 11.0. The topological polar surface area (TPSA) is 48.8 Å². The smallest absolute Gasteiger partial charge is 0.162 e. The van der Waals surface area contributed by atoms with Crippen LogP contribution in [0.1, 0.15) is 0 Å². The van der Waals surface area contributed by atoms with E-state index >= 15 is 0 Å². The Bertz CT molecular complexity index is 3040. The van der Waals surface area contributed by atoms with Gasteiger partial charge in [-0.3, -0.25) is 4.57 Å². The molecule has 238 valence electrons. The van der Waals surface area contributed by atoms with E-state index in [1.807, 2.05) is 18.2 Å². The molecule has 0 radical (unpaired) electrons.